The Bertz CT molecular complexity index is 1350. The Morgan fingerprint density at radius 3 is 2.56 bits per heavy atom. The van der Waals surface area contributed by atoms with Crippen LogP contribution in [-0.2, 0) is 32.7 Å². The number of alkyl halides is 3. The Labute approximate surface area is 182 Å². The molecule has 2 aromatic carbocycles. The van der Waals surface area contributed by atoms with E-state index in [1.165, 1.54) is 28.7 Å². The number of H-pyrrole nitrogens is 1. The molecule has 0 saturated heterocycles. The highest BCUT2D eigenvalue weighted by Gasteiger charge is 2.30. The molecule has 8 heteroatoms. The summed E-state index contributed by atoms with van der Waals surface area (Å²) in [6.07, 6.45) is -3.79. The minimum absolute atomic E-state index is 0.244. The van der Waals surface area contributed by atoms with Crippen molar-refractivity contribution in [3.63, 3.8) is 0 Å². The molecule has 0 spiro atoms. The first-order chi connectivity index (χ1) is 15.3. The number of nitrogens with one attached hydrogen (secondary N) is 1. The predicted octanol–water partition coefficient (Wildman–Crippen LogP) is 4.51. The molecule has 0 unspecified atom stereocenters. The highest BCUT2D eigenvalue weighted by molar-refractivity contribution is 5.81. The van der Waals surface area contributed by atoms with Gasteiger partial charge in [-0.2, -0.15) is 13.2 Å². The van der Waals surface area contributed by atoms with E-state index in [1.54, 1.807) is 0 Å². The van der Waals surface area contributed by atoms with Crippen molar-refractivity contribution in [2.45, 2.75) is 25.7 Å². The number of para-hydroxylation sites is 1. The Morgan fingerprint density at radius 2 is 1.84 bits per heavy atom. The van der Waals surface area contributed by atoms with Crippen LogP contribution in [0.25, 0.3) is 22.3 Å². The van der Waals surface area contributed by atoms with Gasteiger partial charge in [0.1, 0.15) is 5.82 Å². The van der Waals surface area contributed by atoms with E-state index in [0.29, 0.717) is 42.2 Å². The van der Waals surface area contributed by atoms with Gasteiger partial charge >= 0.3 is 6.18 Å². The van der Waals surface area contributed by atoms with Crippen LogP contribution in [0.1, 0.15) is 22.5 Å². The molecule has 0 amide bonds. The van der Waals surface area contributed by atoms with Crippen molar-refractivity contribution < 1.29 is 13.2 Å². The average Bonchev–Trinajstić information content (AvgIpc) is 3.09. The fourth-order valence-electron chi connectivity index (χ4n) is 4.30. The van der Waals surface area contributed by atoms with Crippen LogP contribution in [0.3, 0.4) is 0 Å². The van der Waals surface area contributed by atoms with Gasteiger partial charge in [-0.05, 0) is 29.7 Å². The Balaban J connectivity index is 1.38. The number of aryl methyl sites for hydroxylation is 1. The summed E-state index contributed by atoms with van der Waals surface area (Å²) in [6, 6.07) is 15.0. The third-order valence-corrected chi connectivity index (χ3v) is 6.07. The molecule has 164 valence electrons. The molecule has 1 aliphatic heterocycles. The normalized spacial score (nSPS) is 14.6. The molecule has 0 bridgehead atoms. The smallest absolute Gasteiger partial charge is 0.346 e. The summed E-state index contributed by atoms with van der Waals surface area (Å²) in [4.78, 5) is 22.3. The summed E-state index contributed by atoms with van der Waals surface area (Å²) >= 11 is 0. The molecule has 0 saturated carbocycles. The summed E-state index contributed by atoms with van der Waals surface area (Å²) < 4.78 is 40.6. The molecule has 2 aromatic heterocycles. The van der Waals surface area contributed by atoms with Crippen molar-refractivity contribution >= 4 is 10.9 Å². The predicted molar refractivity (Wildman–Crippen MR) is 116 cm³/mol. The van der Waals surface area contributed by atoms with Gasteiger partial charge in [-0.25, -0.2) is 4.98 Å². The zero-order valence-corrected chi connectivity index (χ0v) is 17.4. The molecule has 4 aromatic rings. The molecule has 0 radical (unpaired) electrons. The summed E-state index contributed by atoms with van der Waals surface area (Å²) in [5.74, 6) is 0.296. The standard InChI is InChI=1S/C24H21F3N4O/c1-30-18(12-16-4-2-3-5-21(16)30)13-31-11-10-20-19(14-31)23(32)29-22(28-20)15-6-8-17(9-7-15)24(25,26)27/h2-9,12H,10-11,13-14H2,1H3,(H,28,29,32). The van der Waals surface area contributed by atoms with Gasteiger partial charge in [-0.3, -0.25) is 9.69 Å². The van der Waals surface area contributed by atoms with E-state index in [2.05, 4.69) is 37.6 Å². The lowest BCUT2D eigenvalue weighted by Crippen LogP contribution is -2.35. The fraction of sp³-hybridized carbons (Fsp3) is 0.250. The number of fused-ring (bicyclic) bond motifs is 2. The van der Waals surface area contributed by atoms with Crippen molar-refractivity contribution in [2.75, 3.05) is 6.54 Å². The van der Waals surface area contributed by atoms with Gasteiger partial charge < -0.3 is 9.55 Å². The molecule has 0 atom stereocenters. The monoisotopic (exact) mass is 438 g/mol. The van der Waals surface area contributed by atoms with Gasteiger partial charge in [-0.1, -0.05) is 30.3 Å². The van der Waals surface area contributed by atoms with Gasteiger partial charge in [0.15, 0.2) is 0 Å². The third-order valence-electron chi connectivity index (χ3n) is 6.07. The molecule has 32 heavy (non-hydrogen) atoms. The Morgan fingerprint density at radius 1 is 1.09 bits per heavy atom. The number of aromatic nitrogens is 3. The maximum absolute atomic E-state index is 12.8. The van der Waals surface area contributed by atoms with Crippen molar-refractivity contribution in [2.24, 2.45) is 7.05 Å². The van der Waals surface area contributed by atoms with Crippen molar-refractivity contribution in [3.05, 3.63) is 87.5 Å². The number of rotatable bonds is 3. The van der Waals surface area contributed by atoms with Gasteiger partial charge in [0.25, 0.3) is 5.56 Å². The summed E-state index contributed by atoms with van der Waals surface area (Å²) in [5.41, 5.74) is 3.14. The summed E-state index contributed by atoms with van der Waals surface area (Å²) in [5, 5.41) is 1.18. The highest BCUT2D eigenvalue weighted by atomic mass is 19.4. The molecule has 1 N–H and O–H groups in total. The maximum Gasteiger partial charge on any atom is 0.416 e. The SMILES string of the molecule is Cn1c(CN2CCc3nc(-c4ccc(C(F)(F)F)cc4)[nH]c(=O)c3C2)cc2ccccc21. The van der Waals surface area contributed by atoms with Crippen molar-refractivity contribution in [3.8, 4) is 11.4 Å². The maximum atomic E-state index is 12.8. The molecule has 1 aliphatic rings. The first-order valence-electron chi connectivity index (χ1n) is 10.3. The number of hydrogen-bond acceptors (Lipinski definition) is 3. The number of hydrogen-bond donors (Lipinski definition) is 1. The minimum atomic E-state index is -4.40. The second-order valence-corrected chi connectivity index (χ2v) is 8.13. The van der Waals surface area contributed by atoms with E-state index in [9.17, 15) is 18.0 Å². The molecule has 0 aliphatic carbocycles. The zero-order valence-electron chi connectivity index (χ0n) is 17.4. The van der Waals surface area contributed by atoms with Gasteiger partial charge in [0.2, 0.25) is 0 Å². The van der Waals surface area contributed by atoms with Crippen LogP contribution in [0.2, 0.25) is 0 Å². The Kier molecular flexibility index (Phi) is 4.89. The Hall–Kier alpha value is -3.39. The van der Waals surface area contributed by atoms with Crippen LogP contribution >= 0.6 is 0 Å². The van der Waals surface area contributed by atoms with Gasteiger partial charge in [0, 0.05) is 49.9 Å². The number of nitrogens with zero attached hydrogens (tertiary/aromatic N) is 3. The van der Waals surface area contributed by atoms with Crippen molar-refractivity contribution in [1.29, 1.82) is 0 Å². The van der Waals surface area contributed by atoms with E-state index in [-0.39, 0.29) is 5.56 Å². The molecular formula is C24H21F3N4O. The quantitative estimate of drug-likeness (QED) is 0.512. The zero-order chi connectivity index (χ0) is 22.5. The fourth-order valence-corrected chi connectivity index (χ4v) is 4.30. The van der Waals surface area contributed by atoms with E-state index in [0.717, 1.165) is 18.7 Å². The van der Waals surface area contributed by atoms with Crippen LogP contribution in [0, 0.1) is 0 Å². The van der Waals surface area contributed by atoms with E-state index >= 15 is 0 Å². The largest absolute Gasteiger partial charge is 0.416 e. The summed E-state index contributed by atoms with van der Waals surface area (Å²) in [6.45, 7) is 1.94. The van der Waals surface area contributed by atoms with Gasteiger partial charge in [0.05, 0.1) is 16.8 Å². The lowest BCUT2D eigenvalue weighted by atomic mass is 10.1. The van der Waals surface area contributed by atoms with Crippen LogP contribution in [0.4, 0.5) is 13.2 Å². The van der Waals surface area contributed by atoms with Crippen molar-refractivity contribution in [1.82, 2.24) is 19.4 Å². The van der Waals surface area contributed by atoms with Crippen LogP contribution in [0.5, 0.6) is 0 Å². The average molecular weight is 438 g/mol. The van der Waals surface area contributed by atoms with Gasteiger partial charge in [-0.15, -0.1) is 0 Å². The third kappa shape index (κ3) is 3.71. The molecule has 5 nitrogen and oxygen atoms in total. The second kappa shape index (κ2) is 7.63. The van der Waals surface area contributed by atoms with Crippen LogP contribution in [-0.4, -0.2) is 26.0 Å². The van der Waals surface area contributed by atoms with Crippen LogP contribution in [0.15, 0.2) is 59.4 Å². The topological polar surface area (TPSA) is 53.9 Å². The molecular weight excluding hydrogens is 417 g/mol. The first-order valence-corrected chi connectivity index (χ1v) is 10.3. The lowest BCUT2D eigenvalue weighted by Gasteiger charge is -2.27. The highest BCUT2D eigenvalue weighted by Crippen LogP contribution is 2.30. The number of aromatic amines is 1. The molecule has 0 fully saturated rings. The van der Waals surface area contributed by atoms with E-state index < -0.39 is 11.7 Å². The molecule has 3 heterocycles. The second-order valence-electron chi connectivity index (χ2n) is 8.13. The van der Waals surface area contributed by atoms with E-state index in [4.69, 9.17) is 0 Å². The number of benzene rings is 2. The first kappa shape index (κ1) is 20.5. The number of halogens is 3. The molecule has 5 rings (SSSR count). The lowest BCUT2D eigenvalue weighted by molar-refractivity contribution is -0.137. The summed E-state index contributed by atoms with van der Waals surface area (Å²) in [7, 11) is 2.04. The minimum Gasteiger partial charge on any atom is -0.346 e. The van der Waals surface area contributed by atoms with Crippen LogP contribution < -0.4 is 5.56 Å². The van der Waals surface area contributed by atoms with E-state index in [1.807, 2.05) is 19.2 Å².